The summed E-state index contributed by atoms with van der Waals surface area (Å²) in [5, 5.41) is 11.3. The zero-order valence-electron chi connectivity index (χ0n) is 19.1. The van der Waals surface area contributed by atoms with E-state index < -0.39 is 11.5 Å². The fraction of sp³-hybridized carbons (Fsp3) is 0.172. The van der Waals surface area contributed by atoms with Gasteiger partial charge < -0.3 is 14.7 Å². The van der Waals surface area contributed by atoms with E-state index in [2.05, 4.69) is 0 Å². The molecule has 1 heterocycles. The van der Waals surface area contributed by atoms with Gasteiger partial charge >= 0.3 is 0 Å². The molecule has 3 aromatic rings. The van der Waals surface area contributed by atoms with Gasteiger partial charge in [-0.15, -0.1) is 0 Å². The number of hydrogen-bond acceptors (Lipinski definition) is 4. The van der Waals surface area contributed by atoms with Gasteiger partial charge in [-0.2, -0.15) is 0 Å². The summed E-state index contributed by atoms with van der Waals surface area (Å²) in [7, 11) is 0. The van der Waals surface area contributed by atoms with Crippen molar-refractivity contribution in [1.29, 1.82) is 0 Å². The molecule has 0 radical (unpaired) electrons. The van der Waals surface area contributed by atoms with Crippen molar-refractivity contribution in [2.24, 2.45) is 0 Å². The Labute approximate surface area is 199 Å². The third kappa shape index (κ3) is 5.16. The van der Waals surface area contributed by atoms with E-state index in [1.165, 1.54) is 11.0 Å². The first-order chi connectivity index (χ1) is 16.5. The van der Waals surface area contributed by atoms with Gasteiger partial charge in [0.15, 0.2) is 11.4 Å². The van der Waals surface area contributed by atoms with Crippen molar-refractivity contribution in [3.63, 3.8) is 0 Å². The van der Waals surface area contributed by atoms with E-state index >= 15 is 0 Å². The van der Waals surface area contributed by atoms with Gasteiger partial charge in [-0.3, -0.25) is 9.59 Å². The highest BCUT2D eigenvalue weighted by molar-refractivity contribution is 6.09. The number of ether oxygens (including phenoxy) is 1. The van der Waals surface area contributed by atoms with E-state index in [1.54, 1.807) is 30.4 Å². The van der Waals surface area contributed by atoms with Crippen molar-refractivity contribution in [2.45, 2.75) is 18.9 Å². The number of aliphatic hydroxyl groups is 1. The highest BCUT2D eigenvalue weighted by atomic mass is 16.5. The number of fused-ring (bicyclic) bond motifs is 1. The molecule has 0 aromatic heterocycles. The molecule has 0 aliphatic carbocycles. The summed E-state index contributed by atoms with van der Waals surface area (Å²) < 4.78 is 5.78. The predicted octanol–water partition coefficient (Wildman–Crippen LogP) is 4.84. The Kier molecular flexibility index (Phi) is 7.04. The molecule has 4 rings (SSSR count). The van der Waals surface area contributed by atoms with Gasteiger partial charge in [-0.1, -0.05) is 84.5 Å². The first kappa shape index (κ1) is 23.2. The normalized spacial score (nSPS) is 17.5. The number of hydrogen-bond donors (Lipinski definition) is 1. The van der Waals surface area contributed by atoms with Crippen LogP contribution in [0.1, 0.15) is 23.1 Å². The molecule has 1 amide bonds. The number of para-hydroxylation sites is 1. The molecule has 1 atom stereocenters. The first-order valence-electron chi connectivity index (χ1n) is 11.2. The van der Waals surface area contributed by atoms with Crippen LogP contribution in [0.2, 0.25) is 0 Å². The van der Waals surface area contributed by atoms with Gasteiger partial charge in [0.2, 0.25) is 0 Å². The van der Waals surface area contributed by atoms with Crippen LogP contribution in [0.4, 0.5) is 5.69 Å². The van der Waals surface area contributed by atoms with Crippen molar-refractivity contribution in [3.05, 3.63) is 114 Å². The molecule has 1 aliphatic rings. The molecule has 172 valence electrons. The first-order valence-corrected chi connectivity index (χ1v) is 11.2. The van der Waals surface area contributed by atoms with E-state index in [4.69, 9.17) is 4.74 Å². The van der Waals surface area contributed by atoms with E-state index in [9.17, 15) is 14.7 Å². The highest BCUT2D eigenvalue weighted by Crippen LogP contribution is 2.42. The molecule has 1 aliphatic heterocycles. The van der Waals surface area contributed by atoms with Crippen LogP contribution in [0.3, 0.4) is 0 Å². The topological polar surface area (TPSA) is 66.8 Å². The van der Waals surface area contributed by atoms with Crippen molar-refractivity contribution in [1.82, 2.24) is 0 Å². The second-order valence-electron chi connectivity index (χ2n) is 8.27. The second kappa shape index (κ2) is 10.3. The van der Waals surface area contributed by atoms with Gasteiger partial charge in [0.25, 0.3) is 5.91 Å². The number of rotatable bonds is 9. The molecule has 5 heteroatoms. The minimum atomic E-state index is -1.90. The number of nitrogens with zero attached hydrogens (tertiary/aromatic N) is 1. The molecular formula is C29H27NO4. The maximum absolute atomic E-state index is 13.3. The second-order valence-corrected chi connectivity index (χ2v) is 8.27. The molecule has 0 fully saturated rings. The smallest absolute Gasteiger partial charge is 0.264 e. The molecule has 5 nitrogen and oxygen atoms in total. The Balaban J connectivity index is 1.43. The van der Waals surface area contributed by atoms with Crippen molar-refractivity contribution in [3.8, 4) is 5.75 Å². The monoisotopic (exact) mass is 453 g/mol. The van der Waals surface area contributed by atoms with E-state index in [-0.39, 0.29) is 25.4 Å². The summed E-state index contributed by atoms with van der Waals surface area (Å²) in [5.74, 6) is -0.131. The summed E-state index contributed by atoms with van der Waals surface area (Å²) in [5.41, 5.74) is 1.29. The molecule has 1 N–H and O–H groups in total. The molecule has 0 saturated carbocycles. The van der Waals surface area contributed by atoms with Gasteiger partial charge in [0.1, 0.15) is 12.4 Å². The Bertz CT molecular complexity index is 1210. The predicted molar refractivity (Wildman–Crippen MR) is 134 cm³/mol. The SMILES string of the molecule is Cc1ccc(OCCN2C(=O)C(O)(CC(=O)/C=C/C=C/c3ccccc3)c3ccccc32)cc1. The van der Waals surface area contributed by atoms with Crippen molar-refractivity contribution in [2.75, 3.05) is 18.1 Å². The maximum atomic E-state index is 13.3. The Hall–Kier alpha value is -3.96. The van der Waals surface area contributed by atoms with Gasteiger partial charge in [0.05, 0.1) is 18.7 Å². The van der Waals surface area contributed by atoms with Crippen molar-refractivity contribution >= 4 is 23.5 Å². The van der Waals surface area contributed by atoms with E-state index in [0.717, 1.165) is 11.1 Å². The fourth-order valence-corrected chi connectivity index (χ4v) is 3.99. The van der Waals surface area contributed by atoms with Crippen LogP contribution < -0.4 is 9.64 Å². The van der Waals surface area contributed by atoms with E-state index in [1.807, 2.05) is 73.7 Å². The number of carbonyl (C=O) groups is 2. The molecular weight excluding hydrogens is 426 g/mol. The lowest BCUT2D eigenvalue weighted by atomic mass is 9.90. The summed E-state index contributed by atoms with van der Waals surface area (Å²) in [6.45, 7) is 2.52. The van der Waals surface area contributed by atoms with Crippen molar-refractivity contribution < 1.29 is 19.4 Å². The lowest BCUT2D eigenvalue weighted by Gasteiger charge is -2.22. The van der Waals surface area contributed by atoms with Gasteiger partial charge in [0, 0.05) is 5.56 Å². The number of allylic oxidation sites excluding steroid dienone is 3. The molecule has 1 unspecified atom stereocenters. The molecule has 3 aromatic carbocycles. The number of amides is 1. The molecule has 0 spiro atoms. The Morgan fingerprint density at radius 2 is 1.68 bits per heavy atom. The van der Waals surface area contributed by atoms with Crippen LogP contribution in [0.25, 0.3) is 6.08 Å². The van der Waals surface area contributed by atoms with Crippen LogP contribution in [0.15, 0.2) is 97.1 Å². The summed E-state index contributed by atoms with van der Waals surface area (Å²) >= 11 is 0. The average molecular weight is 454 g/mol. The number of benzene rings is 3. The zero-order valence-corrected chi connectivity index (χ0v) is 19.1. The number of anilines is 1. The highest BCUT2D eigenvalue weighted by Gasteiger charge is 2.50. The number of aryl methyl sites for hydroxylation is 1. The Morgan fingerprint density at radius 1 is 0.971 bits per heavy atom. The largest absolute Gasteiger partial charge is 0.492 e. The van der Waals surface area contributed by atoms with Crippen LogP contribution in [0.5, 0.6) is 5.75 Å². The van der Waals surface area contributed by atoms with Crippen LogP contribution in [-0.2, 0) is 15.2 Å². The molecule has 0 bridgehead atoms. The van der Waals surface area contributed by atoms with Gasteiger partial charge in [-0.05, 0) is 36.8 Å². The third-order valence-electron chi connectivity index (χ3n) is 5.76. The minimum absolute atomic E-state index is 0.260. The van der Waals surface area contributed by atoms with Gasteiger partial charge in [-0.25, -0.2) is 0 Å². The number of ketones is 1. The zero-order chi connectivity index (χ0) is 24.0. The average Bonchev–Trinajstić information content (AvgIpc) is 3.05. The Morgan fingerprint density at radius 3 is 2.44 bits per heavy atom. The summed E-state index contributed by atoms with van der Waals surface area (Å²) in [6, 6.07) is 24.4. The van der Waals surface area contributed by atoms with E-state index in [0.29, 0.717) is 17.0 Å². The maximum Gasteiger partial charge on any atom is 0.264 e. The summed E-state index contributed by atoms with van der Waals surface area (Å²) in [6.07, 6.45) is 6.32. The van der Waals surface area contributed by atoms with Crippen LogP contribution in [0, 0.1) is 6.92 Å². The summed E-state index contributed by atoms with van der Waals surface area (Å²) in [4.78, 5) is 27.4. The van der Waals surface area contributed by atoms with Crippen LogP contribution in [-0.4, -0.2) is 29.9 Å². The third-order valence-corrected chi connectivity index (χ3v) is 5.76. The fourth-order valence-electron chi connectivity index (χ4n) is 3.99. The quantitative estimate of drug-likeness (QED) is 0.372. The van der Waals surface area contributed by atoms with Crippen LogP contribution >= 0.6 is 0 Å². The molecule has 0 saturated heterocycles. The molecule has 34 heavy (non-hydrogen) atoms. The lowest BCUT2D eigenvalue weighted by Crippen LogP contribution is -2.43. The minimum Gasteiger partial charge on any atom is -0.492 e. The standard InChI is InChI=1S/C29H27NO4/c1-22-15-17-25(18-16-22)34-20-19-30-27-14-8-7-13-26(27)29(33,28(30)32)21-24(31)12-6-5-11-23-9-3-2-4-10-23/h2-18,33H,19-21H2,1H3/b11-5+,12-6+. The number of carbonyl (C=O) groups excluding carboxylic acids is 2. The lowest BCUT2D eigenvalue weighted by molar-refractivity contribution is -0.140.